The number of rotatable bonds is 6. The van der Waals surface area contributed by atoms with Crippen molar-refractivity contribution < 1.29 is 19.1 Å². The molecule has 0 radical (unpaired) electrons. The van der Waals surface area contributed by atoms with E-state index in [1.165, 1.54) is 17.4 Å². The predicted octanol–water partition coefficient (Wildman–Crippen LogP) is 4.57. The maximum atomic E-state index is 12.8. The Morgan fingerprint density at radius 2 is 1.90 bits per heavy atom. The van der Waals surface area contributed by atoms with E-state index in [4.69, 9.17) is 22.1 Å². The number of para-hydroxylation sites is 1. The van der Waals surface area contributed by atoms with Gasteiger partial charge in [0.1, 0.15) is 5.00 Å². The Morgan fingerprint density at radius 1 is 1.10 bits per heavy atom. The molecule has 0 aliphatic carbocycles. The highest BCUT2D eigenvalue weighted by molar-refractivity contribution is 7.19. The van der Waals surface area contributed by atoms with Crippen molar-refractivity contribution in [3.63, 3.8) is 0 Å². The summed E-state index contributed by atoms with van der Waals surface area (Å²) < 4.78 is 5.84. The molecule has 7 nitrogen and oxygen atoms in total. The number of carbonyl (C=O) groups excluding carboxylic acids is 3. The van der Waals surface area contributed by atoms with Crippen molar-refractivity contribution in [1.29, 1.82) is 0 Å². The zero-order valence-electron chi connectivity index (χ0n) is 15.8. The van der Waals surface area contributed by atoms with Crippen LogP contribution in [0.1, 0.15) is 20.7 Å². The highest BCUT2D eigenvalue weighted by atomic mass is 35.5. The first-order valence-electron chi connectivity index (χ1n) is 8.92. The largest absolute Gasteiger partial charge is 0.452 e. The lowest BCUT2D eigenvalue weighted by atomic mass is 10.1. The number of thiophene rings is 2. The van der Waals surface area contributed by atoms with Gasteiger partial charge in [0.15, 0.2) is 6.61 Å². The number of amides is 2. The normalized spacial score (nSPS) is 10.7. The van der Waals surface area contributed by atoms with Crippen LogP contribution in [0.25, 0.3) is 21.5 Å². The number of benzene rings is 1. The summed E-state index contributed by atoms with van der Waals surface area (Å²) in [6, 6.07) is 13.9. The van der Waals surface area contributed by atoms with Crippen molar-refractivity contribution in [3.05, 3.63) is 69.4 Å². The highest BCUT2D eigenvalue weighted by Gasteiger charge is 2.18. The summed E-state index contributed by atoms with van der Waals surface area (Å²) in [4.78, 5) is 41.8. The molecule has 0 aliphatic heterocycles. The van der Waals surface area contributed by atoms with Gasteiger partial charge in [-0.2, -0.15) is 0 Å². The van der Waals surface area contributed by atoms with E-state index in [1.54, 1.807) is 35.7 Å². The maximum Gasteiger partial charge on any atom is 0.339 e. The molecule has 2 amide bonds. The minimum atomic E-state index is -0.668. The average molecular weight is 472 g/mol. The van der Waals surface area contributed by atoms with E-state index in [0.29, 0.717) is 25.9 Å². The summed E-state index contributed by atoms with van der Waals surface area (Å²) in [7, 11) is 0. The Kier molecular flexibility index (Phi) is 5.99. The average Bonchev–Trinajstić information content (AvgIpc) is 3.40. The summed E-state index contributed by atoms with van der Waals surface area (Å²) in [6.07, 6.45) is 0. The van der Waals surface area contributed by atoms with Crippen LogP contribution in [-0.4, -0.2) is 29.4 Å². The van der Waals surface area contributed by atoms with Crippen LogP contribution in [-0.2, 0) is 9.53 Å². The van der Waals surface area contributed by atoms with Gasteiger partial charge in [-0.15, -0.1) is 22.7 Å². The van der Waals surface area contributed by atoms with Crippen LogP contribution in [0, 0.1) is 0 Å². The number of ether oxygens (including phenoxy) is 1. The molecule has 1 aromatic carbocycles. The molecule has 3 aromatic heterocycles. The Bertz CT molecular complexity index is 1310. The van der Waals surface area contributed by atoms with Crippen molar-refractivity contribution >= 4 is 68.0 Å². The molecule has 0 saturated heterocycles. The fraction of sp³-hybridized carbons (Fsp3) is 0.0476. The van der Waals surface area contributed by atoms with E-state index >= 15 is 0 Å². The first-order valence-corrected chi connectivity index (χ1v) is 11.0. The zero-order valence-corrected chi connectivity index (χ0v) is 18.1. The number of fused-ring (bicyclic) bond motifs is 1. The summed E-state index contributed by atoms with van der Waals surface area (Å²) in [6.45, 7) is -0.522. The molecule has 0 atom stereocenters. The third-order valence-electron chi connectivity index (χ3n) is 4.28. The highest BCUT2D eigenvalue weighted by Crippen LogP contribution is 2.32. The summed E-state index contributed by atoms with van der Waals surface area (Å²) in [5.74, 6) is -1.90. The predicted molar refractivity (Wildman–Crippen MR) is 122 cm³/mol. The number of nitrogens with two attached hydrogens (primary N) is 1. The lowest BCUT2D eigenvalue weighted by Gasteiger charge is -2.10. The van der Waals surface area contributed by atoms with Gasteiger partial charge in [0.05, 0.1) is 31.6 Å². The van der Waals surface area contributed by atoms with E-state index < -0.39 is 24.4 Å². The number of pyridine rings is 1. The minimum Gasteiger partial charge on any atom is -0.452 e. The fourth-order valence-electron chi connectivity index (χ4n) is 2.89. The molecule has 31 heavy (non-hydrogen) atoms. The second-order valence-corrected chi connectivity index (χ2v) is 8.96. The number of hydrogen-bond acceptors (Lipinski definition) is 7. The van der Waals surface area contributed by atoms with Crippen LogP contribution in [0.3, 0.4) is 0 Å². The third-order valence-corrected chi connectivity index (χ3v) is 6.36. The van der Waals surface area contributed by atoms with E-state index in [-0.39, 0.29) is 11.1 Å². The Hall–Kier alpha value is -3.27. The Balaban J connectivity index is 1.55. The number of nitrogens with zero attached hydrogens (tertiary/aromatic N) is 1. The van der Waals surface area contributed by atoms with Gasteiger partial charge in [0, 0.05) is 5.39 Å². The smallest absolute Gasteiger partial charge is 0.339 e. The molecule has 0 saturated carbocycles. The molecule has 10 heteroatoms. The summed E-state index contributed by atoms with van der Waals surface area (Å²) in [5, 5.41) is 5.07. The first-order chi connectivity index (χ1) is 14.9. The van der Waals surface area contributed by atoms with Crippen molar-refractivity contribution in [3.8, 4) is 10.6 Å². The third kappa shape index (κ3) is 4.58. The summed E-state index contributed by atoms with van der Waals surface area (Å²) >= 11 is 8.52. The van der Waals surface area contributed by atoms with Gasteiger partial charge in [-0.1, -0.05) is 29.8 Å². The van der Waals surface area contributed by atoms with Crippen molar-refractivity contribution in [2.75, 3.05) is 11.9 Å². The monoisotopic (exact) mass is 471 g/mol. The summed E-state index contributed by atoms with van der Waals surface area (Å²) in [5.41, 5.74) is 6.95. The van der Waals surface area contributed by atoms with E-state index in [2.05, 4.69) is 10.3 Å². The molecule has 4 aromatic rings. The van der Waals surface area contributed by atoms with E-state index in [9.17, 15) is 14.4 Å². The molecule has 0 spiro atoms. The van der Waals surface area contributed by atoms with Gasteiger partial charge in [0.2, 0.25) is 0 Å². The molecule has 0 unspecified atom stereocenters. The first kappa shape index (κ1) is 21.0. The number of anilines is 1. The van der Waals surface area contributed by atoms with Crippen LogP contribution >= 0.6 is 34.3 Å². The number of primary amides is 1. The number of aromatic nitrogens is 1. The standard InChI is InChI=1S/C21H14ClN3O4S2/c22-17-6-5-16(31-17)15-9-13(11-3-1-2-4-14(11)24-15)21(28)29-10-18(26)25-20-12(19(23)27)7-8-30-20/h1-9H,10H2,(H2,23,27)(H,25,26). The molecule has 156 valence electrons. The molecule has 0 bridgehead atoms. The second kappa shape index (κ2) is 8.84. The van der Waals surface area contributed by atoms with Crippen LogP contribution < -0.4 is 11.1 Å². The topological polar surface area (TPSA) is 111 Å². The Labute approximate surface area is 189 Å². The molecule has 4 rings (SSSR count). The van der Waals surface area contributed by atoms with E-state index in [0.717, 1.165) is 16.2 Å². The number of nitrogens with one attached hydrogen (secondary N) is 1. The van der Waals surface area contributed by atoms with Crippen LogP contribution in [0.5, 0.6) is 0 Å². The molecular weight excluding hydrogens is 458 g/mol. The van der Waals surface area contributed by atoms with Gasteiger partial charge in [-0.3, -0.25) is 9.59 Å². The van der Waals surface area contributed by atoms with Gasteiger partial charge in [-0.05, 0) is 35.7 Å². The van der Waals surface area contributed by atoms with Crippen molar-refractivity contribution in [2.24, 2.45) is 5.73 Å². The Morgan fingerprint density at radius 3 is 2.65 bits per heavy atom. The van der Waals surface area contributed by atoms with Crippen molar-refractivity contribution in [1.82, 2.24) is 4.98 Å². The lowest BCUT2D eigenvalue weighted by Crippen LogP contribution is -2.22. The minimum absolute atomic E-state index is 0.198. The quantitative estimate of drug-likeness (QED) is 0.400. The number of halogens is 1. The molecular formula is C21H14ClN3O4S2. The number of esters is 1. The number of hydrogen-bond donors (Lipinski definition) is 2. The molecule has 3 N–H and O–H groups in total. The van der Waals surface area contributed by atoms with E-state index in [1.807, 2.05) is 12.1 Å². The van der Waals surface area contributed by atoms with Crippen LogP contribution in [0.4, 0.5) is 5.00 Å². The number of carbonyl (C=O) groups is 3. The fourth-order valence-corrected chi connectivity index (χ4v) is 4.71. The van der Waals surface area contributed by atoms with Crippen LogP contribution in [0.2, 0.25) is 4.34 Å². The van der Waals surface area contributed by atoms with Crippen LogP contribution in [0.15, 0.2) is 53.9 Å². The maximum absolute atomic E-state index is 12.8. The second-order valence-electron chi connectivity index (χ2n) is 6.33. The van der Waals surface area contributed by atoms with Gasteiger partial charge < -0.3 is 15.8 Å². The zero-order chi connectivity index (χ0) is 22.0. The molecule has 0 fully saturated rings. The lowest BCUT2D eigenvalue weighted by molar-refractivity contribution is -0.119. The van der Waals surface area contributed by atoms with Gasteiger partial charge in [-0.25, -0.2) is 9.78 Å². The molecule has 0 aliphatic rings. The van der Waals surface area contributed by atoms with Crippen molar-refractivity contribution in [2.45, 2.75) is 0 Å². The molecule has 3 heterocycles. The van der Waals surface area contributed by atoms with Gasteiger partial charge >= 0.3 is 5.97 Å². The van der Waals surface area contributed by atoms with Gasteiger partial charge in [0.25, 0.3) is 11.8 Å². The SMILES string of the molecule is NC(=O)c1ccsc1NC(=O)COC(=O)c1cc(-c2ccc(Cl)s2)nc2ccccc12.